The lowest BCUT2D eigenvalue weighted by molar-refractivity contribution is 0.409. The number of aryl methyl sites for hydroxylation is 1. The van der Waals surface area contributed by atoms with Gasteiger partial charge in [0.05, 0.1) is 17.0 Å². The molecule has 112 valence electrons. The number of alkyl halides is 1. The van der Waals surface area contributed by atoms with Gasteiger partial charge in [-0.05, 0) is 36.8 Å². The van der Waals surface area contributed by atoms with Gasteiger partial charge in [0.25, 0.3) is 0 Å². The molecule has 0 saturated carbocycles. The molecular weight excluding hydrogens is 429 g/mol. The van der Waals surface area contributed by atoms with Crippen molar-refractivity contribution in [3.8, 4) is 5.75 Å². The number of benzene rings is 2. The molecule has 0 saturated heterocycles. The van der Waals surface area contributed by atoms with Crippen LogP contribution in [0.3, 0.4) is 0 Å². The van der Waals surface area contributed by atoms with Crippen molar-refractivity contribution in [2.45, 2.75) is 11.8 Å². The molecule has 1 atom stereocenters. The van der Waals surface area contributed by atoms with Gasteiger partial charge in [-0.25, -0.2) is 8.78 Å². The summed E-state index contributed by atoms with van der Waals surface area (Å²) in [6, 6.07) is 5.71. The summed E-state index contributed by atoms with van der Waals surface area (Å²) >= 11 is 12.4. The molecule has 0 heterocycles. The van der Waals surface area contributed by atoms with E-state index in [0.717, 1.165) is 22.2 Å². The van der Waals surface area contributed by atoms with Crippen molar-refractivity contribution in [2.24, 2.45) is 0 Å². The minimum absolute atomic E-state index is 0.158. The molecule has 0 aliphatic heterocycles. The fourth-order valence-electron chi connectivity index (χ4n) is 1.94. The zero-order valence-electron chi connectivity index (χ0n) is 11.2. The number of hydrogen-bond donors (Lipinski definition) is 0. The Hall–Kier alpha value is -0.650. The third-order valence-electron chi connectivity index (χ3n) is 3.10. The molecule has 0 fully saturated rings. The van der Waals surface area contributed by atoms with Gasteiger partial charge in [0, 0.05) is 15.6 Å². The van der Waals surface area contributed by atoms with Gasteiger partial charge in [0.1, 0.15) is 17.4 Å². The Balaban J connectivity index is 2.57. The predicted molar refractivity (Wildman–Crippen MR) is 87.6 cm³/mol. The normalized spacial score (nSPS) is 12.3. The van der Waals surface area contributed by atoms with Gasteiger partial charge in [-0.3, -0.25) is 0 Å². The van der Waals surface area contributed by atoms with E-state index in [4.69, 9.17) is 16.3 Å². The number of methoxy groups -OCH3 is 1. The first-order valence-corrected chi connectivity index (χ1v) is 8.06. The van der Waals surface area contributed by atoms with Crippen molar-refractivity contribution in [1.82, 2.24) is 0 Å². The van der Waals surface area contributed by atoms with Gasteiger partial charge < -0.3 is 4.74 Å². The maximum Gasteiger partial charge on any atom is 0.142 e. The summed E-state index contributed by atoms with van der Waals surface area (Å²) in [5.41, 5.74) is 1.83. The minimum Gasteiger partial charge on any atom is -0.496 e. The first-order valence-electron chi connectivity index (χ1n) is 5.97. The van der Waals surface area contributed by atoms with E-state index < -0.39 is 16.5 Å². The third kappa shape index (κ3) is 3.41. The van der Waals surface area contributed by atoms with Crippen LogP contribution < -0.4 is 4.74 Å². The lowest BCUT2D eigenvalue weighted by Crippen LogP contribution is -2.01. The second-order valence-electron chi connectivity index (χ2n) is 4.49. The highest BCUT2D eigenvalue weighted by Crippen LogP contribution is 2.41. The molecule has 0 N–H and O–H groups in total. The zero-order valence-corrected chi connectivity index (χ0v) is 15.1. The van der Waals surface area contributed by atoms with E-state index in [1.54, 1.807) is 0 Å². The molecule has 0 aliphatic rings. The highest BCUT2D eigenvalue weighted by molar-refractivity contribution is 9.10. The fourth-order valence-corrected chi connectivity index (χ4v) is 3.17. The van der Waals surface area contributed by atoms with E-state index in [9.17, 15) is 8.78 Å². The molecule has 1 unspecified atom stereocenters. The maximum absolute atomic E-state index is 14.0. The van der Waals surface area contributed by atoms with Crippen molar-refractivity contribution in [2.75, 3.05) is 7.11 Å². The summed E-state index contributed by atoms with van der Waals surface area (Å²) in [4.78, 5) is -0.559. The van der Waals surface area contributed by atoms with Crippen LogP contribution in [-0.2, 0) is 0 Å². The van der Waals surface area contributed by atoms with Gasteiger partial charge in [0.2, 0.25) is 0 Å². The maximum atomic E-state index is 14.0. The lowest BCUT2D eigenvalue weighted by atomic mass is 10.0. The van der Waals surface area contributed by atoms with Crippen LogP contribution in [0.25, 0.3) is 0 Å². The molecular formula is C15H11Br2ClF2O. The molecule has 6 heteroatoms. The Bertz CT molecular complexity index is 692. The second kappa shape index (κ2) is 6.63. The van der Waals surface area contributed by atoms with Crippen molar-refractivity contribution in [1.29, 1.82) is 0 Å². The predicted octanol–water partition coefficient (Wildman–Crippen LogP) is 6.18. The Kier molecular flexibility index (Phi) is 5.28. The molecule has 0 aliphatic carbocycles. The Labute approximate surface area is 143 Å². The summed E-state index contributed by atoms with van der Waals surface area (Å²) in [5.74, 6) is -0.656. The molecule has 21 heavy (non-hydrogen) atoms. The number of rotatable bonds is 3. The SMILES string of the molecule is COc1cc(C)c(Br)cc1C(Br)c1cc(F)c(Cl)cc1F. The van der Waals surface area contributed by atoms with E-state index in [-0.39, 0.29) is 10.6 Å². The summed E-state index contributed by atoms with van der Waals surface area (Å²) in [5, 5.41) is -0.243. The Morgan fingerprint density at radius 1 is 1.10 bits per heavy atom. The standard InChI is InChI=1S/C15H11Br2ClF2O/c1-7-3-14(21-2)9(4-10(7)16)15(17)8-5-13(20)11(18)6-12(8)19/h3-6,15H,1-2H3. The van der Waals surface area contributed by atoms with Gasteiger partial charge in [-0.1, -0.05) is 43.5 Å². The summed E-state index contributed by atoms with van der Waals surface area (Å²) in [6.07, 6.45) is 0. The van der Waals surface area contributed by atoms with Crippen LogP contribution in [0.5, 0.6) is 5.75 Å². The van der Waals surface area contributed by atoms with Crippen LogP contribution in [0.1, 0.15) is 21.5 Å². The van der Waals surface area contributed by atoms with Gasteiger partial charge in [-0.2, -0.15) is 0 Å². The van der Waals surface area contributed by atoms with E-state index in [1.165, 1.54) is 7.11 Å². The highest BCUT2D eigenvalue weighted by atomic mass is 79.9. The van der Waals surface area contributed by atoms with Crippen LogP contribution in [0.4, 0.5) is 8.78 Å². The molecule has 2 rings (SSSR count). The van der Waals surface area contributed by atoms with Crippen LogP contribution in [-0.4, -0.2) is 7.11 Å². The minimum atomic E-state index is -0.664. The molecule has 2 aromatic carbocycles. The number of ether oxygens (including phenoxy) is 1. The van der Waals surface area contributed by atoms with Gasteiger partial charge >= 0.3 is 0 Å². The quantitative estimate of drug-likeness (QED) is 0.409. The monoisotopic (exact) mass is 438 g/mol. The fraction of sp³-hybridized carbons (Fsp3) is 0.200. The average Bonchev–Trinajstić information content (AvgIpc) is 2.44. The van der Waals surface area contributed by atoms with E-state index in [0.29, 0.717) is 11.3 Å². The molecule has 0 radical (unpaired) electrons. The summed E-state index contributed by atoms with van der Waals surface area (Å²) in [7, 11) is 1.53. The average molecular weight is 441 g/mol. The first kappa shape index (κ1) is 16.7. The molecule has 0 aromatic heterocycles. The van der Waals surface area contributed by atoms with Crippen LogP contribution in [0, 0.1) is 18.6 Å². The third-order valence-corrected chi connectivity index (χ3v) is 5.23. The van der Waals surface area contributed by atoms with Crippen LogP contribution in [0.15, 0.2) is 28.7 Å². The van der Waals surface area contributed by atoms with E-state index in [1.807, 2.05) is 19.1 Å². The second-order valence-corrected chi connectivity index (χ2v) is 6.67. The largest absolute Gasteiger partial charge is 0.496 e. The summed E-state index contributed by atoms with van der Waals surface area (Å²) < 4.78 is 33.8. The molecule has 0 spiro atoms. The molecule has 0 amide bonds. The lowest BCUT2D eigenvalue weighted by Gasteiger charge is -2.17. The van der Waals surface area contributed by atoms with Gasteiger partial charge in [0.15, 0.2) is 0 Å². The van der Waals surface area contributed by atoms with E-state index in [2.05, 4.69) is 31.9 Å². The highest BCUT2D eigenvalue weighted by Gasteiger charge is 2.21. The zero-order chi connectivity index (χ0) is 15.7. The van der Waals surface area contributed by atoms with Gasteiger partial charge in [-0.15, -0.1) is 0 Å². The van der Waals surface area contributed by atoms with Crippen LogP contribution >= 0.6 is 43.5 Å². The van der Waals surface area contributed by atoms with Crippen molar-refractivity contribution in [3.63, 3.8) is 0 Å². The van der Waals surface area contributed by atoms with Crippen molar-refractivity contribution >= 4 is 43.5 Å². The topological polar surface area (TPSA) is 9.23 Å². The van der Waals surface area contributed by atoms with Crippen LogP contribution in [0.2, 0.25) is 5.02 Å². The molecule has 0 bridgehead atoms. The molecule has 1 nitrogen and oxygen atoms in total. The smallest absolute Gasteiger partial charge is 0.142 e. The van der Waals surface area contributed by atoms with E-state index >= 15 is 0 Å². The van der Waals surface area contributed by atoms with Crippen molar-refractivity contribution in [3.05, 3.63) is 62.1 Å². The Morgan fingerprint density at radius 3 is 2.38 bits per heavy atom. The summed E-state index contributed by atoms with van der Waals surface area (Å²) in [6.45, 7) is 1.92. The van der Waals surface area contributed by atoms with Crippen molar-refractivity contribution < 1.29 is 13.5 Å². The Morgan fingerprint density at radius 2 is 1.76 bits per heavy atom. The number of hydrogen-bond acceptors (Lipinski definition) is 1. The number of halogens is 5. The first-order chi connectivity index (χ1) is 9.85. The molecule has 2 aromatic rings.